The second-order valence-electron chi connectivity index (χ2n) is 3.24. The summed E-state index contributed by atoms with van der Waals surface area (Å²) in [6.45, 7) is 0. The van der Waals surface area contributed by atoms with Crippen molar-refractivity contribution in [1.29, 1.82) is 0 Å². The van der Waals surface area contributed by atoms with Crippen LogP contribution < -0.4 is 11.5 Å². The number of nitrogen functional groups attached to an aromatic ring is 1. The third kappa shape index (κ3) is 3.72. The maximum Gasteiger partial charge on any atom is 0.416 e. The predicted molar refractivity (Wildman–Crippen MR) is 56.5 cm³/mol. The number of anilines is 1. The van der Waals surface area contributed by atoms with Gasteiger partial charge in [0, 0.05) is 11.3 Å². The highest BCUT2D eigenvalue weighted by Crippen LogP contribution is 2.30. The zero-order valence-corrected chi connectivity index (χ0v) is 8.64. The molecule has 0 saturated carbocycles. The number of hydrogen-bond acceptors (Lipinski definition) is 2. The average molecular weight is 242 g/mol. The van der Waals surface area contributed by atoms with Gasteiger partial charge in [0.2, 0.25) is 5.91 Å². The van der Waals surface area contributed by atoms with Crippen LogP contribution in [0.2, 0.25) is 0 Å². The Balaban J connectivity index is 3.06. The van der Waals surface area contributed by atoms with Crippen LogP contribution in [0.15, 0.2) is 18.2 Å². The van der Waals surface area contributed by atoms with Crippen LogP contribution in [-0.4, -0.2) is 5.91 Å². The number of carbonyl (C=O) groups is 1. The molecule has 0 aliphatic heterocycles. The number of nitrogens with two attached hydrogens (primary N) is 2. The molecule has 0 spiro atoms. The standard InChI is InChI=1S/C11H9F3N2O/c12-11(13,14)8-4-5-9(15)7(6-8)2-1-3-10(16)17/h4-6H,3,15H2,(H2,16,17). The summed E-state index contributed by atoms with van der Waals surface area (Å²) in [5.41, 5.74) is 9.62. The zero-order valence-electron chi connectivity index (χ0n) is 8.64. The molecule has 0 unspecified atom stereocenters. The summed E-state index contributed by atoms with van der Waals surface area (Å²) in [6.07, 6.45) is -4.68. The van der Waals surface area contributed by atoms with Gasteiger partial charge in [0.25, 0.3) is 0 Å². The van der Waals surface area contributed by atoms with Gasteiger partial charge in [-0.3, -0.25) is 4.79 Å². The molecule has 0 saturated heterocycles. The molecular weight excluding hydrogens is 233 g/mol. The maximum absolute atomic E-state index is 12.4. The first-order valence-electron chi connectivity index (χ1n) is 4.54. The molecular formula is C11H9F3N2O. The predicted octanol–water partition coefficient (Wildman–Crippen LogP) is 1.51. The quantitative estimate of drug-likeness (QED) is 0.579. The van der Waals surface area contributed by atoms with Crippen molar-refractivity contribution in [3.63, 3.8) is 0 Å². The van der Waals surface area contributed by atoms with E-state index in [0.29, 0.717) is 0 Å². The molecule has 90 valence electrons. The fraction of sp³-hybridized carbons (Fsp3) is 0.182. The summed E-state index contributed by atoms with van der Waals surface area (Å²) in [5.74, 6) is 4.08. The molecule has 1 aromatic carbocycles. The Morgan fingerprint density at radius 3 is 2.53 bits per heavy atom. The molecule has 4 N–H and O–H groups in total. The van der Waals surface area contributed by atoms with E-state index in [4.69, 9.17) is 11.5 Å². The van der Waals surface area contributed by atoms with Crippen LogP contribution in [0, 0.1) is 11.8 Å². The van der Waals surface area contributed by atoms with Crippen molar-refractivity contribution >= 4 is 11.6 Å². The number of hydrogen-bond donors (Lipinski definition) is 2. The zero-order chi connectivity index (χ0) is 13.1. The molecule has 0 bridgehead atoms. The second kappa shape index (κ2) is 4.78. The Kier molecular flexibility index (Phi) is 3.63. The fourth-order valence-electron chi connectivity index (χ4n) is 1.07. The van der Waals surface area contributed by atoms with Gasteiger partial charge < -0.3 is 11.5 Å². The van der Waals surface area contributed by atoms with E-state index < -0.39 is 17.6 Å². The van der Waals surface area contributed by atoms with Crippen molar-refractivity contribution in [2.75, 3.05) is 5.73 Å². The lowest BCUT2D eigenvalue weighted by Crippen LogP contribution is -2.08. The van der Waals surface area contributed by atoms with Gasteiger partial charge in [0.15, 0.2) is 0 Å². The first-order valence-corrected chi connectivity index (χ1v) is 4.54. The Labute approximate surface area is 95.6 Å². The van der Waals surface area contributed by atoms with E-state index >= 15 is 0 Å². The molecule has 3 nitrogen and oxygen atoms in total. The SMILES string of the molecule is NC(=O)CC#Cc1cc(C(F)(F)F)ccc1N. The summed E-state index contributed by atoms with van der Waals surface area (Å²) in [5, 5.41) is 0. The molecule has 6 heteroatoms. The highest BCUT2D eigenvalue weighted by Gasteiger charge is 2.30. The molecule has 0 aliphatic rings. The van der Waals surface area contributed by atoms with E-state index in [1.54, 1.807) is 0 Å². The molecule has 1 amide bonds. The van der Waals surface area contributed by atoms with Crippen LogP contribution in [0.25, 0.3) is 0 Å². The van der Waals surface area contributed by atoms with Gasteiger partial charge in [-0.1, -0.05) is 11.8 Å². The number of primary amides is 1. The van der Waals surface area contributed by atoms with Gasteiger partial charge in [-0.2, -0.15) is 13.2 Å². The topological polar surface area (TPSA) is 69.1 Å². The molecule has 0 aliphatic carbocycles. The number of halogens is 3. The van der Waals surface area contributed by atoms with E-state index in [1.165, 1.54) is 0 Å². The lowest BCUT2D eigenvalue weighted by molar-refractivity contribution is -0.137. The highest BCUT2D eigenvalue weighted by molar-refractivity contribution is 5.76. The van der Waals surface area contributed by atoms with E-state index in [0.717, 1.165) is 18.2 Å². The number of alkyl halides is 3. The van der Waals surface area contributed by atoms with Crippen molar-refractivity contribution < 1.29 is 18.0 Å². The first-order chi connectivity index (χ1) is 7.80. The Hall–Kier alpha value is -2.16. The minimum absolute atomic E-state index is 0.0288. The van der Waals surface area contributed by atoms with Gasteiger partial charge in [-0.25, -0.2) is 0 Å². The van der Waals surface area contributed by atoms with Crippen LogP contribution in [0.3, 0.4) is 0 Å². The second-order valence-corrected chi connectivity index (χ2v) is 3.24. The average Bonchev–Trinajstić information content (AvgIpc) is 2.18. The van der Waals surface area contributed by atoms with Gasteiger partial charge >= 0.3 is 6.18 Å². The van der Waals surface area contributed by atoms with E-state index in [-0.39, 0.29) is 17.7 Å². The molecule has 0 atom stereocenters. The lowest BCUT2D eigenvalue weighted by Gasteiger charge is -2.07. The monoisotopic (exact) mass is 242 g/mol. The normalized spacial score (nSPS) is 10.5. The van der Waals surface area contributed by atoms with Crippen molar-refractivity contribution in [2.45, 2.75) is 12.6 Å². The van der Waals surface area contributed by atoms with E-state index in [1.807, 2.05) is 0 Å². The van der Waals surface area contributed by atoms with Gasteiger partial charge in [-0.15, -0.1) is 0 Å². The van der Waals surface area contributed by atoms with Crippen LogP contribution in [0.5, 0.6) is 0 Å². The Morgan fingerprint density at radius 2 is 2.00 bits per heavy atom. The summed E-state index contributed by atoms with van der Waals surface area (Å²) in [4.78, 5) is 10.4. The highest BCUT2D eigenvalue weighted by atomic mass is 19.4. The number of benzene rings is 1. The van der Waals surface area contributed by atoms with Crippen molar-refractivity contribution in [3.05, 3.63) is 29.3 Å². The summed E-state index contributed by atoms with van der Waals surface area (Å²) in [6, 6.07) is 2.83. The van der Waals surface area contributed by atoms with E-state index in [2.05, 4.69) is 11.8 Å². The molecule has 0 aromatic heterocycles. The minimum atomic E-state index is -4.45. The Bertz CT molecular complexity index is 498. The summed E-state index contributed by atoms with van der Waals surface area (Å²) in [7, 11) is 0. The summed E-state index contributed by atoms with van der Waals surface area (Å²) < 4.78 is 37.2. The van der Waals surface area contributed by atoms with Crippen molar-refractivity contribution in [1.82, 2.24) is 0 Å². The van der Waals surface area contributed by atoms with Gasteiger partial charge in [0.05, 0.1) is 12.0 Å². The number of amides is 1. The van der Waals surface area contributed by atoms with Crippen LogP contribution >= 0.6 is 0 Å². The molecule has 0 radical (unpaired) electrons. The van der Waals surface area contributed by atoms with Crippen LogP contribution in [0.1, 0.15) is 17.5 Å². The maximum atomic E-state index is 12.4. The van der Waals surface area contributed by atoms with Crippen LogP contribution in [-0.2, 0) is 11.0 Å². The van der Waals surface area contributed by atoms with Gasteiger partial charge in [0.1, 0.15) is 0 Å². The third-order valence-corrected chi connectivity index (χ3v) is 1.87. The third-order valence-electron chi connectivity index (χ3n) is 1.87. The van der Waals surface area contributed by atoms with Crippen molar-refractivity contribution in [3.8, 4) is 11.8 Å². The van der Waals surface area contributed by atoms with Crippen molar-refractivity contribution in [2.24, 2.45) is 5.73 Å². The molecule has 1 aromatic rings. The molecule has 0 heterocycles. The molecule has 0 fully saturated rings. The van der Waals surface area contributed by atoms with E-state index in [9.17, 15) is 18.0 Å². The fourth-order valence-corrected chi connectivity index (χ4v) is 1.07. The number of rotatable bonds is 1. The van der Waals surface area contributed by atoms with Crippen LogP contribution in [0.4, 0.5) is 18.9 Å². The number of carbonyl (C=O) groups excluding carboxylic acids is 1. The first kappa shape index (κ1) is 12.9. The summed E-state index contributed by atoms with van der Waals surface area (Å²) >= 11 is 0. The molecule has 17 heavy (non-hydrogen) atoms. The molecule has 1 rings (SSSR count). The minimum Gasteiger partial charge on any atom is -0.398 e. The Morgan fingerprint density at radius 1 is 1.35 bits per heavy atom. The largest absolute Gasteiger partial charge is 0.416 e. The van der Waals surface area contributed by atoms with Gasteiger partial charge in [-0.05, 0) is 18.2 Å². The smallest absolute Gasteiger partial charge is 0.398 e. The lowest BCUT2D eigenvalue weighted by atomic mass is 10.1.